The lowest BCUT2D eigenvalue weighted by Crippen LogP contribution is -2.50. The van der Waals surface area contributed by atoms with E-state index in [-0.39, 0.29) is 5.92 Å². The van der Waals surface area contributed by atoms with Crippen molar-refractivity contribution in [2.45, 2.75) is 44.6 Å². The fraction of sp³-hybridized carbons (Fsp3) is 0.533. The summed E-state index contributed by atoms with van der Waals surface area (Å²) < 4.78 is 0. The van der Waals surface area contributed by atoms with E-state index in [1.807, 2.05) is 12.1 Å². The topological polar surface area (TPSA) is 49.3 Å². The molecule has 1 atom stereocenters. The average Bonchev–Trinajstić information content (AvgIpc) is 2.39. The van der Waals surface area contributed by atoms with Gasteiger partial charge < -0.3 is 10.4 Å². The number of benzene rings is 1. The summed E-state index contributed by atoms with van der Waals surface area (Å²) in [6, 6.07) is 7.24. The maximum atomic E-state index is 11.7. The minimum atomic E-state index is -0.925. The second-order valence-corrected chi connectivity index (χ2v) is 5.91. The SMILES string of the molecule is CC(Nc1cccc(Cl)c1)(C(=O)O)C1CCCCC1. The van der Waals surface area contributed by atoms with Gasteiger partial charge in [-0.05, 0) is 43.9 Å². The Morgan fingerprint density at radius 3 is 2.63 bits per heavy atom. The van der Waals surface area contributed by atoms with Gasteiger partial charge in [0.05, 0.1) is 0 Å². The monoisotopic (exact) mass is 281 g/mol. The third-order valence-corrected chi connectivity index (χ3v) is 4.33. The molecular formula is C15H20ClNO2. The van der Waals surface area contributed by atoms with E-state index in [1.165, 1.54) is 6.42 Å². The number of halogens is 1. The Kier molecular flexibility index (Phi) is 4.35. The zero-order valence-corrected chi connectivity index (χ0v) is 11.9. The number of aliphatic carboxylic acids is 1. The van der Waals surface area contributed by atoms with Crippen LogP contribution in [-0.4, -0.2) is 16.6 Å². The highest BCUT2D eigenvalue weighted by Gasteiger charge is 2.41. The van der Waals surface area contributed by atoms with Gasteiger partial charge in [-0.25, -0.2) is 4.79 Å². The highest BCUT2D eigenvalue weighted by molar-refractivity contribution is 6.30. The predicted molar refractivity (Wildman–Crippen MR) is 77.7 cm³/mol. The lowest BCUT2D eigenvalue weighted by molar-refractivity contribution is -0.144. The molecule has 1 aliphatic carbocycles. The van der Waals surface area contributed by atoms with Crippen LogP contribution in [0.3, 0.4) is 0 Å². The zero-order chi connectivity index (χ0) is 13.9. The first-order valence-electron chi connectivity index (χ1n) is 6.79. The summed E-state index contributed by atoms with van der Waals surface area (Å²) in [4.78, 5) is 11.7. The third kappa shape index (κ3) is 3.21. The van der Waals surface area contributed by atoms with Crippen LogP contribution in [0.25, 0.3) is 0 Å². The molecule has 19 heavy (non-hydrogen) atoms. The first-order valence-corrected chi connectivity index (χ1v) is 7.17. The number of hydrogen-bond acceptors (Lipinski definition) is 2. The van der Waals surface area contributed by atoms with Crippen molar-refractivity contribution in [3.63, 3.8) is 0 Å². The summed E-state index contributed by atoms with van der Waals surface area (Å²) >= 11 is 5.95. The highest BCUT2D eigenvalue weighted by Crippen LogP contribution is 2.35. The van der Waals surface area contributed by atoms with E-state index in [0.717, 1.165) is 31.4 Å². The van der Waals surface area contributed by atoms with E-state index < -0.39 is 11.5 Å². The van der Waals surface area contributed by atoms with Crippen molar-refractivity contribution in [2.24, 2.45) is 5.92 Å². The van der Waals surface area contributed by atoms with Crippen LogP contribution in [-0.2, 0) is 4.79 Å². The van der Waals surface area contributed by atoms with Crippen LogP contribution in [0.4, 0.5) is 5.69 Å². The minimum absolute atomic E-state index is 0.165. The van der Waals surface area contributed by atoms with Crippen molar-refractivity contribution in [3.8, 4) is 0 Å². The first kappa shape index (κ1) is 14.2. The highest BCUT2D eigenvalue weighted by atomic mass is 35.5. The number of anilines is 1. The zero-order valence-electron chi connectivity index (χ0n) is 11.2. The third-order valence-electron chi connectivity index (χ3n) is 4.09. The fourth-order valence-corrected chi connectivity index (χ4v) is 3.07. The van der Waals surface area contributed by atoms with Crippen molar-refractivity contribution in [1.82, 2.24) is 0 Å². The van der Waals surface area contributed by atoms with E-state index in [0.29, 0.717) is 5.02 Å². The van der Waals surface area contributed by atoms with Crippen molar-refractivity contribution in [3.05, 3.63) is 29.3 Å². The number of carboxylic acid groups (broad SMARTS) is 1. The van der Waals surface area contributed by atoms with Gasteiger partial charge in [0, 0.05) is 10.7 Å². The summed E-state index contributed by atoms with van der Waals surface area (Å²) in [6.45, 7) is 1.78. The van der Waals surface area contributed by atoms with Crippen LogP contribution in [0, 0.1) is 5.92 Å². The molecule has 1 fully saturated rings. The minimum Gasteiger partial charge on any atom is -0.480 e. The standard InChI is InChI=1S/C15H20ClNO2/c1-15(14(18)19,11-6-3-2-4-7-11)17-13-9-5-8-12(16)10-13/h5,8-11,17H,2-4,6-7H2,1H3,(H,18,19). The quantitative estimate of drug-likeness (QED) is 0.870. The van der Waals surface area contributed by atoms with Gasteiger partial charge >= 0.3 is 5.97 Å². The van der Waals surface area contributed by atoms with E-state index >= 15 is 0 Å². The van der Waals surface area contributed by atoms with Gasteiger partial charge in [0.1, 0.15) is 5.54 Å². The number of carbonyl (C=O) groups is 1. The number of carboxylic acids is 1. The molecule has 2 N–H and O–H groups in total. The molecule has 0 saturated heterocycles. The molecule has 0 aliphatic heterocycles. The van der Waals surface area contributed by atoms with Crippen molar-refractivity contribution < 1.29 is 9.90 Å². The Labute approximate surface area is 119 Å². The Hall–Kier alpha value is -1.22. The molecule has 1 aromatic carbocycles. The predicted octanol–water partition coefficient (Wildman–Crippen LogP) is 4.18. The molecule has 0 amide bonds. The van der Waals surface area contributed by atoms with Crippen LogP contribution in [0.5, 0.6) is 0 Å². The van der Waals surface area contributed by atoms with Crippen LogP contribution < -0.4 is 5.32 Å². The molecular weight excluding hydrogens is 262 g/mol. The summed E-state index contributed by atoms with van der Waals surface area (Å²) in [5.74, 6) is -0.628. The number of hydrogen-bond donors (Lipinski definition) is 2. The summed E-state index contributed by atoms with van der Waals surface area (Å²) in [5, 5.41) is 13.4. The number of rotatable bonds is 4. The van der Waals surface area contributed by atoms with E-state index in [9.17, 15) is 9.90 Å². The second-order valence-electron chi connectivity index (χ2n) is 5.48. The largest absolute Gasteiger partial charge is 0.480 e. The first-order chi connectivity index (χ1) is 9.02. The molecule has 1 aliphatic rings. The van der Waals surface area contributed by atoms with Crippen molar-refractivity contribution >= 4 is 23.3 Å². The molecule has 1 saturated carbocycles. The number of nitrogens with one attached hydrogen (secondary N) is 1. The van der Waals surface area contributed by atoms with Gasteiger partial charge in [0.2, 0.25) is 0 Å². The molecule has 0 bridgehead atoms. The van der Waals surface area contributed by atoms with Crippen LogP contribution in [0.1, 0.15) is 39.0 Å². The van der Waals surface area contributed by atoms with Crippen LogP contribution >= 0.6 is 11.6 Å². The van der Waals surface area contributed by atoms with Gasteiger partial charge in [-0.3, -0.25) is 0 Å². The van der Waals surface area contributed by atoms with Crippen LogP contribution in [0.15, 0.2) is 24.3 Å². The van der Waals surface area contributed by atoms with Crippen molar-refractivity contribution in [1.29, 1.82) is 0 Å². The molecule has 0 spiro atoms. The maximum Gasteiger partial charge on any atom is 0.329 e. The molecule has 2 rings (SSSR count). The Morgan fingerprint density at radius 1 is 1.37 bits per heavy atom. The molecule has 0 radical (unpaired) electrons. The smallest absolute Gasteiger partial charge is 0.329 e. The van der Waals surface area contributed by atoms with Gasteiger partial charge in [-0.2, -0.15) is 0 Å². The molecule has 1 aromatic rings. The van der Waals surface area contributed by atoms with Gasteiger partial charge in [-0.15, -0.1) is 0 Å². The maximum absolute atomic E-state index is 11.7. The Balaban J connectivity index is 2.21. The molecule has 0 aromatic heterocycles. The van der Waals surface area contributed by atoms with E-state index in [1.54, 1.807) is 19.1 Å². The molecule has 4 heteroatoms. The lowest BCUT2D eigenvalue weighted by Gasteiger charge is -2.37. The van der Waals surface area contributed by atoms with E-state index in [2.05, 4.69) is 5.32 Å². The molecule has 104 valence electrons. The fourth-order valence-electron chi connectivity index (χ4n) is 2.88. The normalized spacial score (nSPS) is 19.7. The Morgan fingerprint density at radius 2 is 2.05 bits per heavy atom. The molecule has 3 nitrogen and oxygen atoms in total. The molecule has 1 unspecified atom stereocenters. The van der Waals surface area contributed by atoms with E-state index in [4.69, 9.17) is 11.6 Å². The van der Waals surface area contributed by atoms with Crippen LogP contribution in [0.2, 0.25) is 5.02 Å². The summed E-state index contributed by atoms with van der Waals surface area (Å²) in [5.41, 5.74) is -0.159. The summed E-state index contributed by atoms with van der Waals surface area (Å²) in [7, 11) is 0. The van der Waals surface area contributed by atoms with Gasteiger partial charge in [0.25, 0.3) is 0 Å². The molecule has 0 heterocycles. The summed E-state index contributed by atoms with van der Waals surface area (Å²) in [6.07, 6.45) is 5.38. The Bertz CT molecular complexity index is 457. The average molecular weight is 282 g/mol. The second kappa shape index (κ2) is 5.83. The van der Waals surface area contributed by atoms with Gasteiger partial charge in [0.15, 0.2) is 0 Å². The van der Waals surface area contributed by atoms with Gasteiger partial charge in [-0.1, -0.05) is 36.9 Å². The van der Waals surface area contributed by atoms with Crippen molar-refractivity contribution in [2.75, 3.05) is 5.32 Å². The lowest BCUT2D eigenvalue weighted by atomic mass is 9.75.